The van der Waals surface area contributed by atoms with E-state index in [1.807, 2.05) is 0 Å². The maximum absolute atomic E-state index is 4.28. The molecule has 2 atom stereocenters. The van der Waals surface area contributed by atoms with Gasteiger partial charge in [0, 0.05) is 38.2 Å². The average Bonchev–Trinajstić information content (AvgIpc) is 3.74. The molecule has 8 rings (SSSR count). The van der Waals surface area contributed by atoms with Crippen LogP contribution in [0.4, 0.5) is 17.1 Å². The summed E-state index contributed by atoms with van der Waals surface area (Å²) in [5.41, 5.74) is 17.3. The number of anilines is 3. The Morgan fingerprint density at radius 2 is 1.31 bits per heavy atom. The quantitative estimate of drug-likeness (QED) is 0.153. The summed E-state index contributed by atoms with van der Waals surface area (Å²) in [4.78, 5) is 4.54. The number of nitrogens with one attached hydrogen (secondary N) is 1. The molecule has 3 aliphatic carbocycles. The second kappa shape index (κ2) is 15.7. The molecule has 1 N–H and O–H groups in total. The van der Waals surface area contributed by atoms with Crippen molar-refractivity contribution in [2.45, 2.75) is 190 Å². The van der Waals surface area contributed by atoms with Crippen LogP contribution in [0.25, 0.3) is 5.57 Å². The Bertz CT molecular complexity index is 2520. The van der Waals surface area contributed by atoms with Crippen molar-refractivity contribution in [2.24, 2.45) is 16.7 Å². The normalized spacial score (nSPS) is 22.6. The van der Waals surface area contributed by atoms with E-state index in [-0.39, 0.29) is 50.6 Å². The molecule has 0 bridgehead atoms. The van der Waals surface area contributed by atoms with E-state index in [2.05, 4.69) is 231 Å². The maximum atomic E-state index is 4.28. The largest absolute Gasteiger partial charge is 0.356 e. The lowest BCUT2D eigenvalue weighted by Crippen LogP contribution is -2.55. The van der Waals surface area contributed by atoms with E-state index >= 15 is 0 Å². The summed E-state index contributed by atoms with van der Waals surface area (Å²) in [6.07, 6.45) is 13.6. The van der Waals surface area contributed by atoms with Crippen molar-refractivity contribution in [1.29, 1.82) is 0 Å². The van der Waals surface area contributed by atoms with E-state index < -0.39 is 0 Å². The molecule has 2 unspecified atom stereocenters. The van der Waals surface area contributed by atoms with Crippen molar-refractivity contribution in [3.63, 3.8) is 0 Å². The SMILES string of the molecule is CC=C(C1B(c2ccc3c(c2Nc2ccc(C(C)(C)C)cc2)C(C)(C)CCC3(C)C)c2sc3c(c2N1C1=CCC(C(C)(C)C)C=C1c1ccccc1)C(C)(C)CCC3(C)C)C(C)(C)C. The van der Waals surface area contributed by atoms with Crippen molar-refractivity contribution >= 4 is 50.9 Å². The minimum Gasteiger partial charge on any atom is -0.356 e. The molecular formula is C60H81BN2S. The van der Waals surface area contributed by atoms with Crippen LogP contribution in [0, 0.1) is 16.7 Å². The van der Waals surface area contributed by atoms with Crippen LogP contribution >= 0.6 is 11.3 Å². The van der Waals surface area contributed by atoms with Gasteiger partial charge in [0.2, 0.25) is 0 Å². The Kier molecular flexibility index (Phi) is 11.5. The molecule has 1 aromatic heterocycles. The topological polar surface area (TPSA) is 15.3 Å². The zero-order chi connectivity index (χ0) is 46.7. The Hall–Kier alpha value is -3.76. The second-order valence-electron chi connectivity index (χ2n) is 26.0. The Labute approximate surface area is 394 Å². The molecule has 4 aliphatic rings. The van der Waals surface area contributed by atoms with E-state index in [9.17, 15) is 0 Å². The van der Waals surface area contributed by atoms with Gasteiger partial charge < -0.3 is 10.2 Å². The average molecular weight is 873 g/mol. The minimum atomic E-state index is -0.0788. The van der Waals surface area contributed by atoms with Crippen molar-refractivity contribution < 1.29 is 0 Å². The molecule has 0 saturated carbocycles. The van der Waals surface area contributed by atoms with Gasteiger partial charge in [-0.05, 0) is 128 Å². The van der Waals surface area contributed by atoms with Gasteiger partial charge in [0.15, 0.2) is 0 Å². The first-order chi connectivity index (χ1) is 29.6. The monoisotopic (exact) mass is 873 g/mol. The molecule has 3 aromatic carbocycles. The number of hydrogen-bond donors (Lipinski definition) is 1. The first-order valence-corrected chi connectivity index (χ1v) is 25.6. The summed E-state index contributed by atoms with van der Waals surface area (Å²) in [6.45, 7) is 44.1. The van der Waals surface area contributed by atoms with Crippen LogP contribution in [0.2, 0.25) is 0 Å². The number of hydrogen-bond acceptors (Lipinski definition) is 3. The Morgan fingerprint density at radius 1 is 0.719 bits per heavy atom. The van der Waals surface area contributed by atoms with Gasteiger partial charge in [-0.15, -0.1) is 0 Å². The molecule has 0 radical (unpaired) electrons. The summed E-state index contributed by atoms with van der Waals surface area (Å²) >= 11 is 2.16. The molecule has 64 heavy (non-hydrogen) atoms. The van der Waals surface area contributed by atoms with E-state index in [0.717, 1.165) is 12.8 Å². The van der Waals surface area contributed by atoms with E-state index in [1.54, 1.807) is 15.2 Å². The van der Waals surface area contributed by atoms with Crippen LogP contribution < -0.4 is 20.5 Å². The highest BCUT2D eigenvalue weighted by Gasteiger charge is 2.56. The fraction of sp³-hybridized carbons (Fsp3) is 0.533. The summed E-state index contributed by atoms with van der Waals surface area (Å²) in [5.74, 6) is 0.508. The predicted molar refractivity (Wildman–Crippen MR) is 284 cm³/mol. The number of rotatable bonds is 6. The molecule has 0 amide bonds. The van der Waals surface area contributed by atoms with Gasteiger partial charge in [-0.1, -0.05) is 196 Å². The van der Waals surface area contributed by atoms with Crippen molar-refractivity contribution in [2.75, 3.05) is 10.2 Å². The standard InChI is InChI=1S/C60H81BN2S/c1-19-43(56(8,9)10)52-61(45-31-30-44-47(58(13,14)34-33-57(44,11)12)49(45)62-41-28-25-39(26-29-41)54(2,3)4)53-50(48-51(64-53)60(17,18)36-35-59(48,15)16)63(52)46-32-27-40(55(5,6)7)37-42(46)38-23-21-20-22-24-38/h19-26,28-32,37,40,52,62H,27,33-36H2,1-18H3. The fourth-order valence-corrected chi connectivity index (χ4v) is 13.7. The van der Waals surface area contributed by atoms with Gasteiger partial charge in [-0.2, -0.15) is 11.3 Å². The van der Waals surface area contributed by atoms with Gasteiger partial charge in [0.1, 0.15) is 0 Å². The summed E-state index contributed by atoms with van der Waals surface area (Å²) in [5, 5.41) is 4.28. The molecule has 0 fully saturated rings. The molecule has 2 nitrogen and oxygen atoms in total. The third-order valence-corrected chi connectivity index (χ3v) is 17.9. The van der Waals surface area contributed by atoms with Crippen LogP contribution in [-0.4, -0.2) is 12.7 Å². The predicted octanol–water partition coefficient (Wildman–Crippen LogP) is 15.8. The van der Waals surface area contributed by atoms with Gasteiger partial charge in [0.05, 0.1) is 5.69 Å². The highest BCUT2D eigenvalue weighted by Crippen LogP contribution is 2.58. The number of nitrogens with zero attached hydrogens (tertiary/aromatic N) is 1. The number of allylic oxidation sites excluding steroid dienone is 4. The fourth-order valence-electron chi connectivity index (χ4n) is 12.0. The van der Waals surface area contributed by atoms with Crippen LogP contribution in [0.15, 0.2) is 96.2 Å². The molecule has 4 aromatic rings. The molecular weight excluding hydrogens is 792 g/mol. The molecule has 1 aliphatic heterocycles. The third-order valence-electron chi connectivity index (χ3n) is 16.2. The van der Waals surface area contributed by atoms with Crippen molar-refractivity contribution in [1.82, 2.24) is 0 Å². The van der Waals surface area contributed by atoms with Crippen LogP contribution in [0.5, 0.6) is 0 Å². The summed E-state index contributed by atoms with van der Waals surface area (Å²) in [6, 6.07) is 25.9. The lowest BCUT2D eigenvalue weighted by atomic mass is 9.37. The highest BCUT2D eigenvalue weighted by molar-refractivity contribution is 7.27. The van der Waals surface area contributed by atoms with Crippen LogP contribution in [0.1, 0.15) is 189 Å². The molecule has 4 heteroatoms. The molecule has 0 spiro atoms. The molecule has 2 heterocycles. The minimum absolute atomic E-state index is 0.00559. The third kappa shape index (κ3) is 8.02. The zero-order valence-corrected chi connectivity index (χ0v) is 44.0. The van der Waals surface area contributed by atoms with Gasteiger partial charge in [0.25, 0.3) is 6.71 Å². The van der Waals surface area contributed by atoms with Crippen LogP contribution in [0.3, 0.4) is 0 Å². The summed E-state index contributed by atoms with van der Waals surface area (Å²) in [7, 11) is 0. The number of fused-ring (bicyclic) bond motifs is 4. The molecule has 340 valence electrons. The number of benzene rings is 3. The van der Waals surface area contributed by atoms with Gasteiger partial charge in [-0.25, -0.2) is 0 Å². The maximum Gasteiger partial charge on any atom is 0.257 e. The molecule has 0 saturated heterocycles. The second-order valence-corrected chi connectivity index (χ2v) is 27.0. The first kappa shape index (κ1) is 46.8. The van der Waals surface area contributed by atoms with E-state index in [1.165, 1.54) is 80.9 Å². The smallest absolute Gasteiger partial charge is 0.257 e. The van der Waals surface area contributed by atoms with Crippen molar-refractivity contribution in [3.05, 3.63) is 129 Å². The van der Waals surface area contributed by atoms with E-state index in [4.69, 9.17) is 0 Å². The number of thiophene rings is 1. The van der Waals surface area contributed by atoms with Crippen molar-refractivity contribution in [3.8, 4) is 0 Å². The first-order valence-electron chi connectivity index (χ1n) is 24.8. The van der Waals surface area contributed by atoms with Gasteiger partial charge >= 0.3 is 0 Å². The van der Waals surface area contributed by atoms with Gasteiger partial charge in [-0.3, -0.25) is 0 Å². The van der Waals surface area contributed by atoms with Crippen LogP contribution in [-0.2, 0) is 27.1 Å². The highest BCUT2D eigenvalue weighted by atomic mass is 32.1. The Morgan fingerprint density at radius 3 is 1.89 bits per heavy atom. The lowest BCUT2D eigenvalue weighted by Gasteiger charge is -2.46. The van der Waals surface area contributed by atoms with E-state index in [0.29, 0.717) is 5.92 Å². The lowest BCUT2D eigenvalue weighted by molar-refractivity contribution is 0.293. The summed E-state index contributed by atoms with van der Waals surface area (Å²) < 4.78 is 1.55. The zero-order valence-electron chi connectivity index (χ0n) is 43.2. The Balaban J connectivity index is 1.49.